The average molecular weight is 344 g/mol. The first kappa shape index (κ1) is 18.9. The van der Waals surface area contributed by atoms with E-state index in [0.29, 0.717) is 6.54 Å². The van der Waals surface area contributed by atoms with Crippen LogP contribution in [0, 0.1) is 10.1 Å². The van der Waals surface area contributed by atoms with Crippen molar-refractivity contribution in [3.05, 3.63) is 69.8 Å². The van der Waals surface area contributed by atoms with Crippen LogP contribution >= 0.6 is 0 Å². The minimum atomic E-state index is -0.576. The van der Waals surface area contributed by atoms with Crippen LogP contribution in [0.4, 0.5) is 5.69 Å². The number of nitrogens with zero attached hydrogens (tertiary/aromatic N) is 1. The lowest BCUT2D eigenvalue weighted by Gasteiger charge is -2.17. The van der Waals surface area contributed by atoms with Gasteiger partial charge in [-0.1, -0.05) is 24.3 Å². The quantitative estimate of drug-likeness (QED) is 0.539. The molecule has 0 amide bonds. The van der Waals surface area contributed by atoms with Crippen LogP contribution < -0.4 is 10.1 Å². The number of aliphatic hydroxyl groups excluding tert-OH is 1. The molecule has 0 unspecified atom stereocenters. The number of nitro benzene ring substituents is 1. The Morgan fingerprint density at radius 3 is 2.36 bits per heavy atom. The molecule has 0 heterocycles. The molecule has 0 spiro atoms. The second-order valence-electron chi connectivity index (χ2n) is 6.06. The number of aryl methyl sites for hydroxylation is 1. The molecule has 134 valence electrons. The second kappa shape index (κ2) is 9.15. The molecule has 2 atom stereocenters. The summed E-state index contributed by atoms with van der Waals surface area (Å²) >= 11 is 0. The summed E-state index contributed by atoms with van der Waals surface area (Å²) in [6, 6.07) is 14.2. The maximum atomic E-state index is 10.6. The minimum absolute atomic E-state index is 0.109. The normalized spacial score (nSPS) is 13.2. The van der Waals surface area contributed by atoms with Crippen LogP contribution in [-0.4, -0.2) is 29.7 Å². The molecular formula is C19H24N2O4. The molecule has 0 aliphatic carbocycles. The van der Waals surface area contributed by atoms with Gasteiger partial charge in [0, 0.05) is 24.7 Å². The Kier molecular flexibility index (Phi) is 6.91. The molecule has 0 fully saturated rings. The van der Waals surface area contributed by atoms with Crippen molar-refractivity contribution in [1.29, 1.82) is 0 Å². The summed E-state index contributed by atoms with van der Waals surface area (Å²) in [7, 11) is 1.61. The number of aliphatic hydroxyl groups is 1. The van der Waals surface area contributed by atoms with Crippen LogP contribution in [-0.2, 0) is 6.42 Å². The molecule has 0 bridgehead atoms. The molecule has 0 radical (unpaired) electrons. The van der Waals surface area contributed by atoms with E-state index in [2.05, 4.69) is 12.2 Å². The van der Waals surface area contributed by atoms with Gasteiger partial charge >= 0.3 is 0 Å². The van der Waals surface area contributed by atoms with Gasteiger partial charge in [-0.3, -0.25) is 10.1 Å². The Morgan fingerprint density at radius 1 is 1.16 bits per heavy atom. The third-order valence-corrected chi connectivity index (χ3v) is 4.17. The van der Waals surface area contributed by atoms with Gasteiger partial charge in [0.05, 0.1) is 18.1 Å². The number of hydrogen-bond acceptors (Lipinski definition) is 5. The largest absolute Gasteiger partial charge is 0.497 e. The Balaban J connectivity index is 1.75. The molecule has 0 saturated carbocycles. The fourth-order valence-corrected chi connectivity index (χ4v) is 2.53. The van der Waals surface area contributed by atoms with Gasteiger partial charge in [-0.2, -0.15) is 0 Å². The second-order valence-corrected chi connectivity index (χ2v) is 6.06. The SMILES string of the molecule is COc1ccc([C@@H](O)CN[C@H](C)CCc2ccc([N+](=O)[O-])cc2)cc1. The summed E-state index contributed by atoms with van der Waals surface area (Å²) in [4.78, 5) is 10.3. The van der Waals surface area contributed by atoms with Crippen LogP contribution in [0.1, 0.15) is 30.6 Å². The van der Waals surface area contributed by atoms with Gasteiger partial charge in [0.25, 0.3) is 5.69 Å². The number of nitro groups is 1. The zero-order chi connectivity index (χ0) is 18.2. The van der Waals surface area contributed by atoms with E-state index in [1.54, 1.807) is 19.2 Å². The number of benzene rings is 2. The number of methoxy groups -OCH3 is 1. The maximum Gasteiger partial charge on any atom is 0.269 e. The van der Waals surface area contributed by atoms with Crippen molar-refractivity contribution in [2.45, 2.75) is 31.9 Å². The third kappa shape index (κ3) is 5.85. The molecule has 2 rings (SSSR count). The number of nitrogens with one attached hydrogen (secondary N) is 1. The molecule has 0 aromatic heterocycles. The van der Waals surface area contributed by atoms with Crippen molar-refractivity contribution in [1.82, 2.24) is 5.32 Å². The maximum absolute atomic E-state index is 10.6. The Labute approximate surface area is 147 Å². The molecule has 6 nitrogen and oxygen atoms in total. The fraction of sp³-hybridized carbons (Fsp3) is 0.368. The highest BCUT2D eigenvalue weighted by atomic mass is 16.6. The van der Waals surface area contributed by atoms with Crippen molar-refractivity contribution < 1.29 is 14.8 Å². The molecule has 2 N–H and O–H groups in total. The molecule has 0 aliphatic rings. The van der Waals surface area contributed by atoms with Crippen molar-refractivity contribution in [3.8, 4) is 5.75 Å². The van der Waals surface area contributed by atoms with E-state index in [-0.39, 0.29) is 11.7 Å². The monoisotopic (exact) mass is 344 g/mol. The fourth-order valence-electron chi connectivity index (χ4n) is 2.53. The van der Waals surface area contributed by atoms with Gasteiger partial charge in [0.15, 0.2) is 0 Å². The molecule has 2 aromatic carbocycles. The molecule has 2 aromatic rings. The van der Waals surface area contributed by atoms with Crippen LogP contribution in [0.2, 0.25) is 0 Å². The van der Waals surface area contributed by atoms with E-state index in [1.165, 1.54) is 12.1 Å². The van der Waals surface area contributed by atoms with Crippen LogP contribution in [0.5, 0.6) is 5.75 Å². The van der Waals surface area contributed by atoms with Gasteiger partial charge in [0.1, 0.15) is 5.75 Å². The van der Waals surface area contributed by atoms with Gasteiger partial charge in [-0.15, -0.1) is 0 Å². The molecule has 0 aliphatic heterocycles. The van der Waals surface area contributed by atoms with E-state index >= 15 is 0 Å². The predicted octanol–water partition coefficient (Wildman–Crippen LogP) is 3.25. The summed E-state index contributed by atoms with van der Waals surface area (Å²) in [6.45, 7) is 2.53. The van der Waals surface area contributed by atoms with E-state index in [1.807, 2.05) is 24.3 Å². The summed E-state index contributed by atoms with van der Waals surface area (Å²) in [6.07, 6.45) is 1.13. The van der Waals surface area contributed by atoms with Crippen LogP contribution in [0.25, 0.3) is 0 Å². The lowest BCUT2D eigenvalue weighted by atomic mass is 10.0. The Morgan fingerprint density at radius 2 is 1.80 bits per heavy atom. The molecule has 25 heavy (non-hydrogen) atoms. The van der Waals surface area contributed by atoms with E-state index in [4.69, 9.17) is 4.74 Å². The Hall–Kier alpha value is -2.44. The smallest absolute Gasteiger partial charge is 0.269 e. The average Bonchev–Trinajstić information content (AvgIpc) is 2.64. The zero-order valence-electron chi connectivity index (χ0n) is 14.5. The first-order valence-electron chi connectivity index (χ1n) is 8.28. The van der Waals surface area contributed by atoms with Gasteiger partial charge in [-0.05, 0) is 43.0 Å². The zero-order valence-corrected chi connectivity index (χ0v) is 14.5. The van der Waals surface area contributed by atoms with Crippen LogP contribution in [0.15, 0.2) is 48.5 Å². The summed E-state index contributed by atoms with van der Waals surface area (Å²) in [5, 5.41) is 24.2. The topological polar surface area (TPSA) is 84.6 Å². The summed E-state index contributed by atoms with van der Waals surface area (Å²) < 4.78 is 5.11. The highest BCUT2D eigenvalue weighted by molar-refractivity contribution is 5.33. The predicted molar refractivity (Wildman–Crippen MR) is 96.8 cm³/mol. The number of ether oxygens (including phenoxy) is 1. The number of hydrogen-bond donors (Lipinski definition) is 2. The number of non-ortho nitro benzene ring substituents is 1. The highest BCUT2D eigenvalue weighted by Gasteiger charge is 2.10. The van der Waals surface area contributed by atoms with Crippen molar-refractivity contribution in [3.63, 3.8) is 0 Å². The molecule has 6 heteroatoms. The van der Waals surface area contributed by atoms with Gasteiger partial charge in [-0.25, -0.2) is 0 Å². The Bertz CT molecular complexity index is 671. The first-order valence-corrected chi connectivity index (χ1v) is 8.28. The third-order valence-electron chi connectivity index (χ3n) is 4.17. The summed E-state index contributed by atoms with van der Waals surface area (Å²) in [5.74, 6) is 0.764. The highest BCUT2D eigenvalue weighted by Crippen LogP contribution is 2.17. The molecule has 0 saturated heterocycles. The van der Waals surface area contributed by atoms with Crippen molar-refractivity contribution >= 4 is 5.69 Å². The van der Waals surface area contributed by atoms with Gasteiger partial charge in [0.2, 0.25) is 0 Å². The van der Waals surface area contributed by atoms with E-state index in [9.17, 15) is 15.2 Å². The van der Waals surface area contributed by atoms with Crippen LogP contribution in [0.3, 0.4) is 0 Å². The minimum Gasteiger partial charge on any atom is -0.497 e. The molecular weight excluding hydrogens is 320 g/mol. The summed E-state index contributed by atoms with van der Waals surface area (Å²) in [5.41, 5.74) is 2.02. The lowest BCUT2D eigenvalue weighted by molar-refractivity contribution is -0.384. The first-order chi connectivity index (χ1) is 12.0. The van der Waals surface area contributed by atoms with Crippen molar-refractivity contribution in [2.75, 3.05) is 13.7 Å². The van der Waals surface area contributed by atoms with E-state index < -0.39 is 11.0 Å². The lowest BCUT2D eigenvalue weighted by Crippen LogP contribution is -2.30. The van der Waals surface area contributed by atoms with Crippen molar-refractivity contribution in [2.24, 2.45) is 0 Å². The number of rotatable bonds is 9. The van der Waals surface area contributed by atoms with Gasteiger partial charge < -0.3 is 15.2 Å². The standard InChI is InChI=1S/C19H24N2O4/c1-14(3-4-15-5-9-17(10-6-15)21(23)24)20-13-19(22)16-7-11-18(25-2)12-8-16/h5-12,14,19-20,22H,3-4,13H2,1-2H3/t14-,19+/m1/s1. The van der Waals surface area contributed by atoms with E-state index in [0.717, 1.165) is 29.7 Å².